The maximum Gasteiger partial charge on any atom is 0.258 e. The van der Waals surface area contributed by atoms with E-state index in [2.05, 4.69) is 43.4 Å². The van der Waals surface area contributed by atoms with Crippen molar-refractivity contribution in [1.82, 2.24) is 5.32 Å². The highest BCUT2D eigenvalue weighted by atomic mass is 35.5. The Morgan fingerprint density at radius 2 is 1.76 bits per heavy atom. The Kier molecular flexibility index (Phi) is 7.15. The average molecular weight is 380 g/mol. The summed E-state index contributed by atoms with van der Waals surface area (Å²) in [4.78, 5) is 12.1. The van der Waals surface area contributed by atoms with Gasteiger partial charge in [-0.2, -0.15) is 0 Å². The van der Waals surface area contributed by atoms with E-state index in [1.54, 1.807) is 18.2 Å². The number of hydrogen-bond donors (Lipinski definition) is 1. The van der Waals surface area contributed by atoms with Gasteiger partial charge in [-0.25, -0.2) is 0 Å². The smallest absolute Gasteiger partial charge is 0.258 e. The van der Waals surface area contributed by atoms with E-state index in [1.165, 1.54) is 5.56 Å². The highest BCUT2D eigenvalue weighted by Crippen LogP contribution is 2.27. The van der Waals surface area contributed by atoms with Crippen molar-refractivity contribution in [2.75, 3.05) is 6.61 Å². The highest BCUT2D eigenvalue weighted by Gasteiger charge is 2.11. The summed E-state index contributed by atoms with van der Waals surface area (Å²) in [5, 5.41) is 3.83. The predicted octanol–water partition coefficient (Wildman–Crippen LogP) is 5.45. The van der Waals surface area contributed by atoms with Gasteiger partial charge in [0.2, 0.25) is 0 Å². The summed E-state index contributed by atoms with van der Waals surface area (Å²) in [5.74, 6) is 0.858. The predicted molar refractivity (Wildman–Crippen MR) is 103 cm³/mol. The number of hydrogen-bond acceptors (Lipinski definition) is 2. The first kappa shape index (κ1) is 19.6. The van der Waals surface area contributed by atoms with Crippen LogP contribution >= 0.6 is 23.2 Å². The number of rotatable bonds is 7. The molecule has 0 saturated carbocycles. The molecule has 3 nitrogen and oxygen atoms in total. The van der Waals surface area contributed by atoms with Crippen LogP contribution in [-0.2, 0) is 11.2 Å². The summed E-state index contributed by atoms with van der Waals surface area (Å²) in [6.07, 6.45) is 1.05. The van der Waals surface area contributed by atoms with E-state index < -0.39 is 0 Å². The van der Waals surface area contributed by atoms with Crippen LogP contribution in [0.2, 0.25) is 10.0 Å². The first-order valence-electron chi connectivity index (χ1n) is 8.31. The van der Waals surface area contributed by atoms with Crippen LogP contribution in [0.1, 0.15) is 37.9 Å². The van der Waals surface area contributed by atoms with E-state index in [9.17, 15) is 4.79 Å². The Morgan fingerprint density at radius 3 is 2.36 bits per heavy atom. The van der Waals surface area contributed by atoms with Gasteiger partial charge in [0.05, 0.1) is 11.1 Å². The molecule has 1 amide bonds. The fourth-order valence-corrected chi connectivity index (χ4v) is 2.98. The van der Waals surface area contributed by atoms with Gasteiger partial charge >= 0.3 is 0 Å². The van der Waals surface area contributed by atoms with E-state index in [4.69, 9.17) is 27.9 Å². The number of amides is 1. The second-order valence-corrected chi connectivity index (χ2v) is 7.34. The minimum Gasteiger partial charge on any atom is -0.482 e. The molecule has 0 spiro atoms. The van der Waals surface area contributed by atoms with Crippen LogP contribution in [0.5, 0.6) is 5.75 Å². The topological polar surface area (TPSA) is 38.3 Å². The summed E-state index contributed by atoms with van der Waals surface area (Å²) in [7, 11) is 0. The van der Waals surface area contributed by atoms with Crippen molar-refractivity contribution in [2.24, 2.45) is 5.92 Å². The Balaban J connectivity index is 1.87. The lowest BCUT2D eigenvalue weighted by atomic mass is 10.00. The van der Waals surface area contributed by atoms with E-state index in [-0.39, 0.29) is 18.6 Å². The number of ether oxygens (including phenoxy) is 1. The van der Waals surface area contributed by atoms with Crippen LogP contribution in [0.4, 0.5) is 0 Å². The molecule has 0 bridgehead atoms. The van der Waals surface area contributed by atoms with Crippen molar-refractivity contribution >= 4 is 29.1 Å². The molecular weight excluding hydrogens is 357 g/mol. The Hall–Kier alpha value is -1.71. The Labute approximate surface area is 159 Å². The molecule has 0 aromatic heterocycles. The number of carbonyl (C=O) groups is 1. The van der Waals surface area contributed by atoms with Gasteiger partial charge in [-0.05, 0) is 48.6 Å². The second-order valence-electron chi connectivity index (χ2n) is 6.49. The first-order valence-corrected chi connectivity index (χ1v) is 9.06. The maximum atomic E-state index is 12.1. The standard InChI is InChI=1S/C20H23Cl2NO2/c1-13(2)10-15-4-6-16(7-5-15)14(3)23-20(24)12-25-19-9-8-17(21)11-18(19)22/h4-9,11,13-14H,10,12H2,1-3H3,(H,23,24)/t14-/m1/s1. The fourth-order valence-electron chi connectivity index (χ4n) is 2.52. The third kappa shape index (κ3) is 6.26. The van der Waals surface area contributed by atoms with Crippen molar-refractivity contribution in [1.29, 1.82) is 0 Å². The molecule has 2 aromatic carbocycles. The third-order valence-corrected chi connectivity index (χ3v) is 4.28. The van der Waals surface area contributed by atoms with Crippen LogP contribution in [0.3, 0.4) is 0 Å². The van der Waals surface area contributed by atoms with Crippen LogP contribution in [0.25, 0.3) is 0 Å². The zero-order valence-electron chi connectivity index (χ0n) is 14.7. The Bertz CT molecular complexity index is 714. The Morgan fingerprint density at radius 1 is 1.08 bits per heavy atom. The molecule has 2 rings (SSSR count). The maximum absolute atomic E-state index is 12.1. The summed E-state index contributed by atoms with van der Waals surface area (Å²) >= 11 is 11.9. The molecule has 134 valence electrons. The third-order valence-electron chi connectivity index (χ3n) is 3.75. The molecule has 0 saturated heterocycles. The van der Waals surface area contributed by atoms with Gasteiger partial charge in [0.25, 0.3) is 5.91 Å². The van der Waals surface area contributed by atoms with Crippen LogP contribution in [0, 0.1) is 5.92 Å². The zero-order valence-corrected chi connectivity index (χ0v) is 16.2. The quantitative estimate of drug-likeness (QED) is 0.694. The van der Waals surface area contributed by atoms with Crippen LogP contribution in [0.15, 0.2) is 42.5 Å². The van der Waals surface area contributed by atoms with Crippen molar-refractivity contribution in [3.63, 3.8) is 0 Å². The lowest BCUT2D eigenvalue weighted by molar-refractivity contribution is -0.123. The molecule has 0 radical (unpaired) electrons. The fraction of sp³-hybridized carbons (Fsp3) is 0.350. The minimum absolute atomic E-state index is 0.0927. The molecule has 0 heterocycles. The summed E-state index contributed by atoms with van der Waals surface area (Å²) < 4.78 is 5.45. The van der Waals surface area contributed by atoms with E-state index in [0.717, 1.165) is 12.0 Å². The van der Waals surface area contributed by atoms with Gasteiger partial charge in [-0.15, -0.1) is 0 Å². The van der Waals surface area contributed by atoms with Gasteiger partial charge in [-0.3, -0.25) is 4.79 Å². The molecule has 0 aliphatic rings. The van der Waals surface area contributed by atoms with Gasteiger partial charge in [0.15, 0.2) is 6.61 Å². The highest BCUT2D eigenvalue weighted by molar-refractivity contribution is 6.35. The molecule has 0 fully saturated rings. The van der Waals surface area contributed by atoms with Crippen molar-refractivity contribution in [3.05, 3.63) is 63.6 Å². The number of benzene rings is 2. The normalized spacial score (nSPS) is 12.1. The van der Waals surface area contributed by atoms with Gasteiger partial charge in [0.1, 0.15) is 5.75 Å². The lowest BCUT2D eigenvalue weighted by Crippen LogP contribution is -2.31. The number of halogens is 2. The SMILES string of the molecule is CC(C)Cc1ccc([C@@H](C)NC(=O)COc2ccc(Cl)cc2Cl)cc1. The van der Waals surface area contributed by atoms with Crippen molar-refractivity contribution in [3.8, 4) is 5.75 Å². The number of carbonyl (C=O) groups excluding carboxylic acids is 1. The summed E-state index contributed by atoms with van der Waals surface area (Å²) in [6.45, 7) is 6.25. The van der Waals surface area contributed by atoms with Gasteiger partial charge in [0, 0.05) is 5.02 Å². The number of nitrogens with one attached hydrogen (secondary N) is 1. The largest absolute Gasteiger partial charge is 0.482 e. The lowest BCUT2D eigenvalue weighted by Gasteiger charge is -2.16. The molecule has 0 unspecified atom stereocenters. The molecule has 25 heavy (non-hydrogen) atoms. The molecule has 1 N–H and O–H groups in total. The minimum atomic E-state index is -0.204. The second kappa shape index (κ2) is 9.12. The molecule has 0 aliphatic carbocycles. The molecule has 0 aliphatic heterocycles. The average Bonchev–Trinajstić information content (AvgIpc) is 2.54. The van der Waals surface area contributed by atoms with Crippen LogP contribution < -0.4 is 10.1 Å². The molecular formula is C20H23Cl2NO2. The van der Waals surface area contributed by atoms with Gasteiger partial charge < -0.3 is 10.1 Å². The van der Waals surface area contributed by atoms with Crippen molar-refractivity contribution in [2.45, 2.75) is 33.2 Å². The van der Waals surface area contributed by atoms with Crippen molar-refractivity contribution < 1.29 is 9.53 Å². The molecule has 5 heteroatoms. The molecule has 1 atom stereocenters. The van der Waals surface area contributed by atoms with Gasteiger partial charge in [-0.1, -0.05) is 61.3 Å². The van der Waals surface area contributed by atoms with E-state index in [0.29, 0.717) is 21.7 Å². The van der Waals surface area contributed by atoms with Crippen LogP contribution in [-0.4, -0.2) is 12.5 Å². The van der Waals surface area contributed by atoms with E-state index in [1.807, 2.05) is 6.92 Å². The molecule has 2 aromatic rings. The summed E-state index contributed by atoms with van der Waals surface area (Å²) in [6, 6.07) is 13.1. The summed E-state index contributed by atoms with van der Waals surface area (Å²) in [5.41, 5.74) is 2.36. The van der Waals surface area contributed by atoms with E-state index >= 15 is 0 Å². The zero-order chi connectivity index (χ0) is 18.4. The first-order chi connectivity index (χ1) is 11.8. The monoisotopic (exact) mass is 379 g/mol.